The van der Waals surface area contributed by atoms with Gasteiger partial charge in [-0.3, -0.25) is 13.9 Å². The monoisotopic (exact) mass is 353 g/mol. The molecule has 1 fully saturated rings. The van der Waals surface area contributed by atoms with E-state index in [0.29, 0.717) is 31.7 Å². The lowest BCUT2D eigenvalue weighted by molar-refractivity contribution is -0.128. The molecule has 1 saturated heterocycles. The summed E-state index contributed by atoms with van der Waals surface area (Å²) in [5, 5.41) is 2.71. The van der Waals surface area contributed by atoms with Crippen LogP contribution in [0.3, 0.4) is 0 Å². The van der Waals surface area contributed by atoms with Gasteiger partial charge < -0.3 is 10.2 Å². The van der Waals surface area contributed by atoms with Crippen molar-refractivity contribution in [3.63, 3.8) is 0 Å². The third-order valence-electron chi connectivity index (χ3n) is 3.95. The van der Waals surface area contributed by atoms with Gasteiger partial charge in [-0.2, -0.15) is 0 Å². The van der Waals surface area contributed by atoms with Gasteiger partial charge in [0.05, 0.1) is 11.9 Å². The molecule has 0 spiro atoms. The van der Waals surface area contributed by atoms with Crippen LogP contribution in [0.5, 0.6) is 0 Å². The van der Waals surface area contributed by atoms with E-state index < -0.39 is 22.0 Å². The largest absolute Gasteiger partial charge is 0.353 e. The number of amides is 2. The lowest BCUT2D eigenvalue weighted by Gasteiger charge is -2.28. The van der Waals surface area contributed by atoms with Crippen LogP contribution in [0.2, 0.25) is 0 Å². The Bertz CT molecular complexity index is 691. The Labute approximate surface area is 142 Å². The van der Waals surface area contributed by atoms with Crippen molar-refractivity contribution < 1.29 is 18.0 Å². The van der Waals surface area contributed by atoms with E-state index in [2.05, 4.69) is 5.32 Å². The van der Waals surface area contributed by atoms with Gasteiger partial charge in [-0.05, 0) is 25.5 Å². The van der Waals surface area contributed by atoms with Crippen LogP contribution in [-0.2, 0) is 19.6 Å². The van der Waals surface area contributed by atoms with E-state index in [-0.39, 0.29) is 5.91 Å². The predicted molar refractivity (Wildman–Crippen MR) is 92.1 cm³/mol. The fourth-order valence-electron chi connectivity index (χ4n) is 2.79. The van der Waals surface area contributed by atoms with E-state index >= 15 is 0 Å². The molecule has 0 radical (unpaired) electrons. The summed E-state index contributed by atoms with van der Waals surface area (Å²) in [5.74, 6) is -0.296. The molecule has 0 aliphatic carbocycles. The molecule has 1 N–H and O–H groups in total. The number of likely N-dealkylation sites (tertiary alicyclic amines) is 1. The standard InChI is InChI=1S/C16H23N3O4S/c1-13(16(21)17-10-12-18-11-6-9-15(18)20)19(24(2,22)23)14-7-4-3-5-8-14/h3-5,7-8,13H,6,9-12H2,1-2H3,(H,17,21)/t13-/m1/s1. The number of nitrogens with one attached hydrogen (secondary N) is 1. The van der Waals surface area contributed by atoms with Crippen LogP contribution in [0.15, 0.2) is 30.3 Å². The van der Waals surface area contributed by atoms with E-state index in [1.807, 2.05) is 0 Å². The Balaban J connectivity index is 2.00. The minimum atomic E-state index is -3.60. The van der Waals surface area contributed by atoms with Gasteiger partial charge >= 0.3 is 0 Å². The first kappa shape index (κ1) is 18.3. The molecular formula is C16H23N3O4S. The van der Waals surface area contributed by atoms with E-state index in [0.717, 1.165) is 17.0 Å². The highest BCUT2D eigenvalue weighted by Gasteiger charge is 2.29. The summed E-state index contributed by atoms with van der Waals surface area (Å²) in [6.45, 7) is 3.01. The molecule has 0 unspecified atom stereocenters. The molecule has 24 heavy (non-hydrogen) atoms. The van der Waals surface area contributed by atoms with Crippen molar-refractivity contribution in [2.45, 2.75) is 25.8 Å². The molecule has 1 aliphatic rings. The van der Waals surface area contributed by atoms with Crippen molar-refractivity contribution in [1.29, 1.82) is 0 Å². The number of sulfonamides is 1. The molecule has 1 aromatic carbocycles. The maximum Gasteiger partial charge on any atom is 0.243 e. The van der Waals surface area contributed by atoms with Gasteiger partial charge in [0, 0.05) is 26.1 Å². The fraction of sp³-hybridized carbons (Fsp3) is 0.500. The molecule has 0 aromatic heterocycles. The number of carbonyl (C=O) groups excluding carboxylic acids is 2. The van der Waals surface area contributed by atoms with Crippen LogP contribution < -0.4 is 9.62 Å². The molecule has 132 valence electrons. The van der Waals surface area contributed by atoms with Crippen molar-refractivity contribution in [3.8, 4) is 0 Å². The number of hydrogen-bond acceptors (Lipinski definition) is 4. The highest BCUT2D eigenvalue weighted by molar-refractivity contribution is 7.92. The predicted octanol–water partition coefficient (Wildman–Crippen LogP) is 0.580. The van der Waals surface area contributed by atoms with Gasteiger partial charge in [0.25, 0.3) is 0 Å². The average molecular weight is 353 g/mol. The second-order valence-electron chi connectivity index (χ2n) is 5.85. The second kappa shape index (κ2) is 7.65. The normalized spacial score (nSPS) is 16.1. The molecule has 1 aliphatic heterocycles. The molecule has 7 nitrogen and oxygen atoms in total. The first-order chi connectivity index (χ1) is 11.3. The van der Waals surface area contributed by atoms with Crippen molar-refractivity contribution in [2.24, 2.45) is 0 Å². The smallest absolute Gasteiger partial charge is 0.243 e. The van der Waals surface area contributed by atoms with Gasteiger partial charge in [0.1, 0.15) is 6.04 Å². The Hall–Kier alpha value is -2.09. The molecular weight excluding hydrogens is 330 g/mol. The summed E-state index contributed by atoms with van der Waals surface area (Å²) in [5.41, 5.74) is 0.442. The van der Waals surface area contributed by atoms with Crippen molar-refractivity contribution in [1.82, 2.24) is 10.2 Å². The van der Waals surface area contributed by atoms with Crippen LogP contribution in [0.1, 0.15) is 19.8 Å². The summed E-state index contributed by atoms with van der Waals surface area (Å²) in [7, 11) is -3.60. The van der Waals surface area contributed by atoms with E-state index in [4.69, 9.17) is 0 Å². The van der Waals surface area contributed by atoms with Gasteiger partial charge in [-0.15, -0.1) is 0 Å². The minimum absolute atomic E-state index is 0.0966. The maximum atomic E-state index is 12.3. The molecule has 1 heterocycles. The van der Waals surface area contributed by atoms with Crippen LogP contribution in [-0.4, -0.2) is 57.1 Å². The van der Waals surface area contributed by atoms with Crippen molar-refractivity contribution >= 4 is 27.5 Å². The summed E-state index contributed by atoms with van der Waals surface area (Å²) >= 11 is 0. The number of hydrogen-bond donors (Lipinski definition) is 1. The Kier molecular flexibility index (Phi) is 5.82. The second-order valence-corrected chi connectivity index (χ2v) is 7.71. The number of benzene rings is 1. The Morgan fingerprint density at radius 1 is 1.33 bits per heavy atom. The molecule has 1 atom stereocenters. The van der Waals surface area contributed by atoms with E-state index in [9.17, 15) is 18.0 Å². The first-order valence-corrected chi connectivity index (χ1v) is 9.75. The lowest BCUT2D eigenvalue weighted by Crippen LogP contribution is -2.49. The van der Waals surface area contributed by atoms with Gasteiger partial charge in [0.15, 0.2) is 0 Å². The topological polar surface area (TPSA) is 86.8 Å². The first-order valence-electron chi connectivity index (χ1n) is 7.90. The van der Waals surface area contributed by atoms with Crippen LogP contribution in [0, 0.1) is 0 Å². The van der Waals surface area contributed by atoms with Gasteiger partial charge in [-0.25, -0.2) is 8.42 Å². The third-order valence-corrected chi connectivity index (χ3v) is 5.19. The molecule has 0 bridgehead atoms. The SMILES string of the molecule is C[C@H](C(=O)NCCN1CCCC1=O)N(c1ccccc1)S(C)(=O)=O. The molecule has 1 aromatic rings. The highest BCUT2D eigenvalue weighted by Crippen LogP contribution is 2.20. The van der Waals surface area contributed by atoms with Crippen molar-refractivity contribution in [3.05, 3.63) is 30.3 Å². The maximum absolute atomic E-state index is 12.3. The van der Waals surface area contributed by atoms with E-state index in [1.165, 1.54) is 0 Å². The summed E-state index contributed by atoms with van der Waals surface area (Å²) < 4.78 is 25.3. The number of nitrogens with zero attached hydrogens (tertiary/aromatic N) is 2. The van der Waals surface area contributed by atoms with E-state index in [1.54, 1.807) is 42.2 Å². The number of para-hydroxylation sites is 1. The number of anilines is 1. The fourth-order valence-corrected chi connectivity index (χ4v) is 3.96. The molecule has 8 heteroatoms. The molecule has 2 amide bonds. The zero-order valence-electron chi connectivity index (χ0n) is 13.9. The summed E-state index contributed by atoms with van der Waals surface area (Å²) in [4.78, 5) is 25.6. The summed E-state index contributed by atoms with van der Waals surface area (Å²) in [6.07, 6.45) is 2.48. The Morgan fingerprint density at radius 3 is 2.54 bits per heavy atom. The molecule has 2 rings (SSSR count). The zero-order valence-corrected chi connectivity index (χ0v) is 14.8. The number of carbonyl (C=O) groups is 2. The van der Waals surface area contributed by atoms with Crippen LogP contribution in [0.4, 0.5) is 5.69 Å². The van der Waals surface area contributed by atoms with Gasteiger partial charge in [0.2, 0.25) is 21.8 Å². The number of rotatable bonds is 7. The van der Waals surface area contributed by atoms with Gasteiger partial charge in [-0.1, -0.05) is 18.2 Å². The summed E-state index contributed by atoms with van der Waals surface area (Å²) in [6, 6.07) is 7.63. The molecule has 0 saturated carbocycles. The Morgan fingerprint density at radius 2 is 2.00 bits per heavy atom. The van der Waals surface area contributed by atoms with Crippen molar-refractivity contribution in [2.75, 3.05) is 30.2 Å². The van der Waals surface area contributed by atoms with Crippen LogP contribution >= 0.6 is 0 Å². The minimum Gasteiger partial charge on any atom is -0.353 e. The lowest BCUT2D eigenvalue weighted by atomic mass is 10.2. The average Bonchev–Trinajstić information content (AvgIpc) is 2.92. The highest BCUT2D eigenvalue weighted by atomic mass is 32.2. The van der Waals surface area contributed by atoms with Crippen LogP contribution in [0.25, 0.3) is 0 Å². The zero-order chi connectivity index (χ0) is 17.7. The quantitative estimate of drug-likeness (QED) is 0.777. The third kappa shape index (κ3) is 4.47.